The zero-order valence-corrected chi connectivity index (χ0v) is 16.8. The number of aryl methyl sites for hydroxylation is 2. The fourth-order valence-corrected chi connectivity index (χ4v) is 3.51. The van der Waals surface area contributed by atoms with Crippen LogP contribution in [0.1, 0.15) is 36.8 Å². The molecule has 0 aliphatic heterocycles. The van der Waals surface area contributed by atoms with Gasteiger partial charge in [0.05, 0.1) is 27.2 Å². The van der Waals surface area contributed by atoms with Crippen molar-refractivity contribution in [2.45, 2.75) is 33.2 Å². The van der Waals surface area contributed by atoms with Crippen LogP contribution < -0.4 is 5.32 Å². The van der Waals surface area contributed by atoms with Crippen LogP contribution in [0.3, 0.4) is 0 Å². The van der Waals surface area contributed by atoms with E-state index < -0.39 is 5.97 Å². The van der Waals surface area contributed by atoms with E-state index in [0.29, 0.717) is 28.0 Å². The minimum atomic E-state index is -0.569. The molecule has 0 radical (unpaired) electrons. The summed E-state index contributed by atoms with van der Waals surface area (Å²) in [7, 11) is 1.78. The van der Waals surface area contributed by atoms with Crippen molar-refractivity contribution in [3.63, 3.8) is 0 Å². The topological polar surface area (TPSA) is 86.1 Å². The van der Waals surface area contributed by atoms with E-state index in [-0.39, 0.29) is 18.1 Å². The highest BCUT2D eigenvalue weighted by Crippen LogP contribution is 2.29. The average molecular weight is 386 g/mol. The minimum absolute atomic E-state index is 0.340. The molecule has 142 valence electrons. The van der Waals surface area contributed by atoms with Gasteiger partial charge in [-0.15, -0.1) is 11.3 Å². The first-order chi connectivity index (χ1) is 12.7. The number of amides is 1. The first-order valence-electron chi connectivity index (χ1n) is 8.52. The van der Waals surface area contributed by atoms with Gasteiger partial charge in [-0.2, -0.15) is 5.10 Å². The molecule has 0 saturated carbocycles. The van der Waals surface area contributed by atoms with Gasteiger partial charge in [0.1, 0.15) is 0 Å². The Morgan fingerprint density at radius 2 is 2.07 bits per heavy atom. The smallest absolute Gasteiger partial charge is 0.339 e. The Balaban J connectivity index is 1.95. The molecule has 0 aliphatic carbocycles. The van der Waals surface area contributed by atoms with Crippen LogP contribution >= 0.6 is 11.3 Å². The lowest BCUT2D eigenvalue weighted by molar-refractivity contribution is -0.125. The number of hydrogen-bond donors (Lipinski definition) is 1. The number of carbonyl (C=O) groups excluding carboxylic acids is 2. The minimum Gasteiger partial charge on any atom is -0.452 e. The first kappa shape index (κ1) is 19.0. The van der Waals surface area contributed by atoms with Crippen LogP contribution in [0.4, 0.5) is 0 Å². The van der Waals surface area contributed by atoms with Gasteiger partial charge >= 0.3 is 5.97 Å². The Morgan fingerprint density at radius 1 is 1.33 bits per heavy atom. The highest BCUT2D eigenvalue weighted by Gasteiger charge is 2.22. The van der Waals surface area contributed by atoms with Crippen LogP contribution in [-0.4, -0.2) is 38.8 Å². The van der Waals surface area contributed by atoms with Gasteiger partial charge in [-0.05, 0) is 45.2 Å². The van der Waals surface area contributed by atoms with Gasteiger partial charge in [0, 0.05) is 12.6 Å². The van der Waals surface area contributed by atoms with Crippen molar-refractivity contribution < 1.29 is 14.3 Å². The number of hydrogen-bond acceptors (Lipinski definition) is 6. The largest absolute Gasteiger partial charge is 0.452 e. The summed E-state index contributed by atoms with van der Waals surface area (Å²) in [6.07, 6.45) is 0. The third kappa shape index (κ3) is 4.16. The third-order valence-corrected chi connectivity index (χ3v) is 4.70. The van der Waals surface area contributed by atoms with Gasteiger partial charge in [-0.25, -0.2) is 9.78 Å². The predicted octanol–water partition coefficient (Wildman–Crippen LogP) is 3.08. The van der Waals surface area contributed by atoms with E-state index in [0.717, 1.165) is 4.88 Å². The second kappa shape index (κ2) is 7.11. The lowest BCUT2D eigenvalue weighted by atomic mass is 10.1. The Labute approximate surface area is 161 Å². The van der Waals surface area contributed by atoms with E-state index in [2.05, 4.69) is 15.4 Å². The molecule has 3 heterocycles. The summed E-state index contributed by atoms with van der Waals surface area (Å²) in [4.78, 5) is 30.3. The molecule has 0 aromatic carbocycles. The molecule has 27 heavy (non-hydrogen) atoms. The van der Waals surface area contributed by atoms with Crippen molar-refractivity contribution in [2.75, 3.05) is 6.61 Å². The number of rotatable bonds is 4. The molecule has 0 saturated heterocycles. The molecule has 0 spiro atoms. The SMILES string of the molecule is Cc1nn(C)c2nc(-c3cccs3)cc(C(=O)OCC(=O)NC(C)(C)C)c12. The zero-order chi connectivity index (χ0) is 19.8. The fraction of sp³-hybridized carbons (Fsp3) is 0.368. The van der Waals surface area contributed by atoms with Crippen molar-refractivity contribution in [3.05, 3.63) is 34.8 Å². The highest BCUT2D eigenvalue weighted by molar-refractivity contribution is 7.13. The molecule has 0 aliphatic rings. The van der Waals surface area contributed by atoms with Crippen LogP contribution in [0.25, 0.3) is 21.6 Å². The first-order valence-corrected chi connectivity index (χ1v) is 9.40. The Hall–Kier alpha value is -2.74. The third-order valence-electron chi connectivity index (χ3n) is 3.81. The molecule has 3 rings (SSSR count). The van der Waals surface area contributed by atoms with Crippen LogP contribution in [0, 0.1) is 6.92 Å². The van der Waals surface area contributed by atoms with E-state index in [1.807, 2.05) is 45.2 Å². The molecule has 0 unspecified atom stereocenters. The number of nitrogens with zero attached hydrogens (tertiary/aromatic N) is 3. The van der Waals surface area contributed by atoms with Gasteiger partial charge in [-0.3, -0.25) is 9.48 Å². The van der Waals surface area contributed by atoms with Crippen LogP contribution in [0.2, 0.25) is 0 Å². The maximum atomic E-state index is 12.7. The summed E-state index contributed by atoms with van der Waals surface area (Å²) in [6, 6.07) is 5.57. The van der Waals surface area contributed by atoms with E-state index in [9.17, 15) is 9.59 Å². The monoisotopic (exact) mass is 386 g/mol. The Kier molecular flexibility index (Phi) is 5.01. The molecule has 0 atom stereocenters. The number of fused-ring (bicyclic) bond motifs is 1. The summed E-state index contributed by atoms with van der Waals surface area (Å²) >= 11 is 1.53. The van der Waals surface area contributed by atoms with E-state index in [1.165, 1.54) is 11.3 Å². The summed E-state index contributed by atoms with van der Waals surface area (Å²) < 4.78 is 6.91. The summed E-state index contributed by atoms with van der Waals surface area (Å²) in [5.41, 5.74) is 1.93. The second-order valence-corrected chi connectivity index (χ2v) is 8.26. The lowest BCUT2D eigenvalue weighted by Gasteiger charge is -2.20. The van der Waals surface area contributed by atoms with Gasteiger partial charge in [0.15, 0.2) is 12.3 Å². The number of thiophene rings is 1. The number of pyridine rings is 1. The maximum absolute atomic E-state index is 12.7. The fourth-order valence-electron chi connectivity index (χ4n) is 2.82. The summed E-state index contributed by atoms with van der Waals surface area (Å²) in [5.74, 6) is -0.914. The molecule has 0 bridgehead atoms. The number of esters is 1. The lowest BCUT2D eigenvalue weighted by Crippen LogP contribution is -2.42. The van der Waals surface area contributed by atoms with Crippen molar-refractivity contribution in [2.24, 2.45) is 7.05 Å². The van der Waals surface area contributed by atoms with Crippen molar-refractivity contribution in [1.29, 1.82) is 0 Å². The Morgan fingerprint density at radius 3 is 2.70 bits per heavy atom. The van der Waals surface area contributed by atoms with E-state index >= 15 is 0 Å². The van der Waals surface area contributed by atoms with Gasteiger partial charge < -0.3 is 10.1 Å². The molecule has 3 aromatic rings. The molecular formula is C19H22N4O3S. The number of ether oxygens (including phenoxy) is 1. The second-order valence-electron chi connectivity index (χ2n) is 7.31. The summed E-state index contributed by atoms with van der Waals surface area (Å²) in [6.45, 7) is 7.08. The van der Waals surface area contributed by atoms with E-state index in [1.54, 1.807) is 17.8 Å². The number of nitrogens with one attached hydrogen (secondary N) is 1. The van der Waals surface area contributed by atoms with Crippen LogP contribution in [0.15, 0.2) is 23.6 Å². The molecule has 7 nitrogen and oxygen atoms in total. The number of carbonyl (C=O) groups is 2. The Bertz CT molecular complexity index is 1000. The van der Waals surface area contributed by atoms with Gasteiger partial charge in [0.2, 0.25) is 0 Å². The normalized spacial score (nSPS) is 11.6. The quantitative estimate of drug-likeness (QED) is 0.697. The highest BCUT2D eigenvalue weighted by atomic mass is 32.1. The number of aromatic nitrogens is 3. The summed E-state index contributed by atoms with van der Waals surface area (Å²) in [5, 5.41) is 9.73. The molecule has 1 amide bonds. The molecule has 8 heteroatoms. The van der Waals surface area contributed by atoms with Crippen LogP contribution in [0.5, 0.6) is 0 Å². The van der Waals surface area contributed by atoms with Crippen molar-refractivity contribution in [1.82, 2.24) is 20.1 Å². The molecule has 1 N–H and O–H groups in total. The maximum Gasteiger partial charge on any atom is 0.339 e. The predicted molar refractivity (Wildman–Crippen MR) is 105 cm³/mol. The molecule has 3 aromatic heterocycles. The standard InChI is InChI=1S/C19H22N4O3S/c1-11-16-12(18(25)26-10-15(24)21-19(2,3)4)9-13(14-7-6-8-27-14)20-17(16)23(5)22-11/h6-9H,10H2,1-5H3,(H,21,24). The molecule has 0 fully saturated rings. The van der Waals surface area contributed by atoms with Crippen molar-refractivity contribution in [3.8, 4) is 10.6 Å². The van der Waals surface area contributed by atoms with Crippen LogP contribution in [-0.2, 0) is 16.6 Å². The van der Waals surface area contributed by atoms with Gasteiger partial charge in [-0.1, -0.05) is 6.07 Å². The van der Waals surface area contributed by atoms with Crippen molar-refractivity contribution >= 4 is 34.2 Å². The van der Waals surface area contributed by atoms with E-state index in [4.69, 9.17) is 4.74 Å². The average Bonchev–Trinajstić information content (AvgIpc) is 3.19. The van der Waals surface area contributed by atoms with Gasteiger partial charge in [0.25, 0.3) is 5.91 Å². The zero-order valence-electron chi connectivity index (χ0n) is 16.0. The molecular weight excluding hydrogens is 364 g/mol.